The molecule has 4 rings (SSSR count). The van der Waals surface area contributed by atoms with E-state index in [-0.39, 0.29) is 42.1 Å². The lowest BCUT2D eigenvalue weighted by Crippen LogP contribution is -2.38. The molecule has 0 bridgehead atoms. The van der Waals surface area contributed by atoms with Crippen molar-refractivity contribution in [2.75, 3.05) is 30.0 Å². The van der Waals surface area contributed by atoms with Crippen LogP contribution in [0.1, 0.15) is 0 Å². The van der Waals surface area contributed by atoms with Crippen LogP contribution in [-0.2, 0) is 16.1 Å². The number of nitrogens with zero attached hydrogens (tertiary/aromatic N) is 3. The molecule has 150 valence electrons. The standard InChI is InChI=1S/C15H14F3N5O4S/c16-9-10-11(28-14(9)20-3-7(19)24)13-21-8(4-22(13)1-2-26-10)23-6(12(17)18)5-27-15(23)25/h4,6,12,20H,1-3,5H2,(H2,19,24). The zero-order valence-corrected chi connectivity index (χ0v) is 15.0. The fraction of sp³-hybridized carbons (Fsp3) is 0.400. The molecular formula is C15H14F3N5O4S. The summed E-state index contributed by atoms with van der Waals surface area (Å²) < 4.78 is 52.8. The molecule has 0 aromatic carbocycles. The molecule has 2 aliphatic heterocycles. The first-order valence-electron chi connectivity index (χ1n) is 8.15. The summed E-state index contributed by atoms with van der Waals surface area (Å²) in [7, 11) is 0. The number of anilines is 2. The molecule has 0 radical (unpaired) electrons. The molecule has 13 heteroatoms. The number of cyclic esters (lactones) is 1. The van der Waals surface area contributed by atoms with Gasteiger partial charge in [0.2, 0.25) is 5.91 Å². The highest BCUT2D eigenvalue weighted by Crippen LogP contribution is 2.46. The predicted molar refractivity (Wildman–Crippen MR) is 92.3 cm³/mol. The van der Waals surface area contributed by atoms with Gasteiger partial charge in [0.1, 0.15) is 29.1 Å². The molecule has 4 heterocycles. The molecule has 9 nitrogen and oxygen atoms in total. The van der Waals surface area contributed by atoms with Crippen molar-refractivity contribution in [1.82, 2.24) is 9.55 Å². The minimum atomic E-state index is -2.81. The number of halogens is 3. The monoisotopic (exact) mass is 417 g/mol. The summed E-state index contributed by atoms with van der Waals surface area (Å²) >= 11 is 0.939. The lowest BCUT2D eigenvalue weighted by molar-refractivity contribution is -0.116. The summed E-state index contributed by atoms with van der Waals surface area (Å²) in [5, 5.41) is 2.62. The molecule has 0 saturated carbocycles. The van der Waals surface area contributed by atoms with Gasteiger partial charge < -0.3 is 25.1 Å². The summed E-state index contributed by atoms with van der Waals surface area (Å²) in [6.07, 6.45) is -2.31. The molecule has 1 atom stereocenters. The van der Waals surface area contributed by atoms with Crippen molar-refractivity contribution in [1.29, 1.82) is 0 Å². The topological polar surface area (TPSA) is 112 Å². The van der Waals surface area contributed by atoms with E-state index in [1.54, 1.807) is 4.57 Å². The van der Waals surface area contributed by atoms with Crippen LogP contribution in [0.25, 0.3) is 10.7 Å². The average Bonchev–Trinajstić information content (AvgIpc) is 3.27. The van der Waals surface area contributed by atoms with E-state index in [0.29, 0.717) is 4.88 Å². The molecule has 2 aromatic rings. The van der Waals surface area contributed by atoms with Crippen molar-refractivity contribution in [3.8, 4) is 16.5 Å². The molecule has 1 unspecified atom stereocenters. The number of nitrogens with two attached hydrogens (primary N) is 1. The number of alkyl halides is 2. The number of rotatable bonds is 5. The molecule has 28 heavy (non-hydrogen) atoms. The van der Waals surface area contributed by atoms with Crippen molar-refractivity contribution in [3.63, 3.8) is 0 Å². The number of hydrogen-bond donors (Lipinski definition) is 2. The number of carbonyl (C=O) groups is 2. The summed E-state index contributed by atoms with van der Waals surface area (Å²) in [4.78, 5) is 28.2. The molecule has 1 saturated heterocycles. The van der Waals surface area contributed by atoms with Crippen LogP contribution in [0.5, 0.6) is 5.75 Å². The van der Waals surface area contributed by atoms with Gasteiger partial charge in [-0.3, -0.25) is 4.79 Å². The Hall–Kier alpha value is -2.96. The normalized spacial score (nSPS) is 18.4. The van der Waals surface area contributed by atoms with E-state index < -0.39 is 36.9 Å². The Bertz CT molecular complexity index is 946. The number of fused-ring (bicyclic) bond motifs is 3. The van der Waals surface area contributed by atoms with Crippen LogP contribution in [0.4, 0.5) is 28.8 Å². The third-order valence-electron chi connectivity index (χ3n) is 4.22. The van der Waals surface area contributed by atoms with Crippen molar-refractivity contribution < 1.29 is 32.2 Å². The van der Waals surface area contributed by atoms with Gasteiger partial charge in [-0.2, -0.15) is 4.39 Å². The fourth-order valence-electron chi connectivity index (χ4n) is 2.95. The van der Waals surface area contributed by atoms with Crippen molar-refractivity contribution in [2.45, 2.75) is 19.0 Å². The van der Waals surface area contributed by atoms with Crippen LogP contribution in [0.2, 0.25) is 0 Å². The summed E-state index contributed by atoms with van der Waals surface area (Å²) in [5.74, 6) is -1.20. The average molecular weight is 417 g/mol. The number of amides is 2. The molecule has 2 aromatic heterocycles. The number of nitrogens with one attached hydrogen (secondary N) is 1. The molecule has 1 fully saturated rings. The van der Waals surface area contributed by atoms with Crippen LogP contribution < -0.4 is 20.7 Å². The first-order valence-corrected chi connectivity index (χ1v) is 8.97. The van der Waals surface area contributed by atoms with Gasteiger partial charge in [-0.1, -0.05) is 0 Å². The number of carbonyl (C=O) groups excluding carboxylic acids is 2. The second-order valence-electron chi connectivity index (χ2n) is 6.04. The molecule has 3 N–H and O–H groups in total. The molecule has 2 amide bonds. The summed E-state index contributed by atoms with van der Waals surface area (Å²) in [6, 6.07) is -1.45. The van der Waals surface area contributed by atoms with E-state index in [1.165, 1.54) is 6.20 Å². The van der Waals surface area contributed by atoms with Crippen LogP contribution in [-0.4, -0.2) is 53.8 Å². The van der Waals surface area contributed by atoms with Gasteiger partial charge in [-0.05, 0) is 0 Å². The lowest BCUT2D eigenvalue weighted by Gasteiger charge is -2.17. The third kappa shape index (κ3) is 3.00. The van der Waals surface area contributed by atoms with Gasteiger partial charge in [-0.25, -0.2) is 23.5 Å². The molecule has 0 spiro atoms. The first kappa shape index (κ1) is 18.4. The Morgan fingerprint density at radius 1 is 1.46 bits per heavy atom. The van der Waals surface area contributed by atoms with E-state index in [4.69, 9.17) is 15.2 Å². The van der Waals surface area contributed by atoms with E-state index >= 15 is 0 Å². The first-order chi connectivity index (χ1) is 13.4. The number of ether oxygens (including phenoxy) is 2. The van der Waals surface area contributed by atoms with Gasteiger partial charge in [0, 0.05) is 6.20 Å². The van der Waals surface area contributed by atoms with E-state index in [9.17, 15) is 22.8 Å². The maximum absolute atomic E-state index is 14.6. The Kier molecular flexibility index (Phi) is 4.53. The Morgan fingerprint density at radius 2 is 2.25 bits per heavy atom. The summed E-state index contributed by atoms with van der Waals surface area (Å²) in [6.45, 7) is -0.343. The molecule has 0 aliphatic carbocycles. The zero-order valence-electron chi connectivity index (χ0n) is 14.2. The van der Waals surface area contributed by atoms with Gasteiger partial charge in [0.25, 0.3) is 6.43 Å². The maximum atomic E-state index is 14.6. The number of aromatic nitrogens is 2. The largest absolute Gasteiger partial charge is 0.487 e. The second kappa shape index (κ2) is 6.89. The smallest absolute Gasteiger partial charge is 0.416 e. The van der Waals surface area contributed by atoms with Gasteiger partial charge >= 0.3 is 6.09 Å². The minimum absolute atomic E-state index is 0.0175. The molecule has 2 aliphatic rings. The van der Waals surface area contributed by atoms with Crippen molar-refractivity contribution in [2.24, 2.45) is 5.73 Å². The maximum Gasteiger partial charge on any atom is 0.416 e. The second-order valence-corrected chi connectivity index (χ2v) is 7.06. The molecular weight excluding hydrogens is 403 g/mol. The van der Waals surface area contributed by atoms with Crippen LogP contribution in [0, 0.1) is 5.82 Å². The van der Waals surface area contributed by atoms with Gasteiger partial charge in [0.15, 0.2) is 23.2 Å². The Morgan fingerprint density at radius 3 is 2.96 bits per heavy atom. The predicted octanol–water partition coefficient (Wildman–Crippen LogP) is 1.63. The Labute approximate surface area is 159 Å². The number of primary amides is 1. The fourth-order valence-corrected chi connectivity index (χ4v) is 3.98. The van der Waals surface area contributed by atoms with Crippen LogP contribution >= 0.6 is 11.3 Å². The van der Waals surface area contributed by atoms with Gasteiger partial charge in [0.05, 0.1) is 13.1 Å². The highest BCUT2D eigenvalue weighted by molar-refractivity contribution is 7.19. The van der Waals surface area contributed by atoms with Crippen LogP contribution in [0.3, 0.4) is 0 Å². The summed E-state index contributed by atoms with van der Waals surface area (Å²) in [5.41, 5.74) is 5.06. The van der Waals surface area contributed by atoms with E-state index in [1.807, 2.05) is 0 Å². The Balaban J connectivity index is 1.73. The zero-order chi connectivity index (χ0) is 20.0. The van der Waals surface area contributed by atoms with Crippen molar-refractivity contribution in [3.05, 3.63) is 12.0 Å². The van der Waals surface area contributed by atoms with Gasteiger partial charge in [-0.15, -0.1) is 11.3 Å². The number of imidazole rings is 1. The highest BCUT2D eigenvalue weighted by Gasteiger charge is 2.42. The SMILES string of the molecule is NC(=O)CNc1sc2c(c1F)OCCn1cc(N3C(=O)OCC3C(F)F)nc1-2. The third-order valence-corrected chi connectivity index (χ3v) is 5.32. The number of hydrogen-bond acceptors (Lipinski definition) is 7. The minimum Gasteiger partial charge on any atom is -0.487 e. The lowest BCUT2D eigenvalue weighted by atomic mass is 10.3. The highest BCUT2D eigenvalue weighted by atomic mass is 32.1. The van der Waals surface area contributed by atoms with E-state index in [2.05, 4.69) is 10.3 Å². The number of thiophene rings is 1. The van der Waals surface area contributed by atoms with E-state index in [0.717, 1.165) is 16.2 Å². The quantitative estimate of drug-likeness (QED) is 0.765. The van der Waals surface area contributed by atoms with Crippen LogP contribution in [0.15, 0.2) is 6.20 Å². The van der Waals surface area contributed by atoms with Crippen molar-refractivity contribution >= 4 is 34.2 Å².